The van der Waals surface area contributed by atoms with E-state index in [-0.39, 0.29) is 4.47 Å². The lowest BCUT2D eigenvalue weighted by molar-refractivity contribution is -0.401. The van der Waals surface area contributed by atoms with Gasteiger partial charge in [-0.2, -0.15) is 39.5 Å². The first kappa shape index (κ1) is 24.7. The van der Waals surface area contributed by atoms with Crippen LogP contribution in [0.25, 0.3) is 0 Å². The summed E-state index contributed by atoms with van der Waals surface area (Å²) in [6.07, 6.45) is -8.24. The van der Waals surface area contributed by atoms with E-state index >= 15 is 0 Å². The van der Waals surface area contributed by atoms with Crippen molar-refractivity contribution in [3.63, 3.8) is 0 Å². The van der Waals surface area contributed by atoms with Crippen LogP contribution in [0.5, 0.6) is 0 Å². The first-order chi connectivity index (χ1) is 11.4. The van der Waals surface area contributed by atoms with E-state index in [0.29, 0.717) is 14.0 Å². The first-order valence-electron chi connectivity index (χ1n) is 6.30. The van der Waals surface area contributed by atoms with E-state index < -0.39 is 59.1 Å². The third kappa shape index (κ3) is 4.31. The van der Waals surface area contributed by atoms with Gasteiger partial charge in [-0.25, -0.2) is 4.79 Å². The van der Waals surface area contributed by atoms with Crippen LogP contribution >= 0.6 is 0 Å². The number of hydrogen-bond donors (Lipinski definition) is 0. The lowest BCUT2D eigenvalue weighted by atomic mass is 9.84. The molecular formula is C11H11F9NO4S-. The average Bonchev–Trinajstić information content (AvgIpc) is 2.45. The highest BCUT2D eigenvalue weighted by molar-refractivity contribution is 7.76. The number of carbonyl (C=O) groups is 1. The Kier molecular flexibility index (Phi) is 7.32. The number of halogens is 9. The molecule has 0 amide bonds. The molecule has 5 nitrogen and oxygen atoms in total. The summed E-state index contributed by atoms with van der Waals surface area (Å²) in [5.74, 6) is -25.4. The van der Waals surface area contributed by atoms with E-state index in [0.717, 1.165) is 0 Å². The fourth-order valence-corrected chi connectivity index (χ4v) is 1.80. The Morgan fingerprint density at radius 2 is 1.54 bits per heavy atom. The van der Waals surface area contributed by atoms with Crippen molar-refractivity contribution >= 4 is 17.2 Å². The molecule has 0 spiro atoms. The second-order valence-corrected chi connectivity index (χ2v) is 5.74. The molecule has 0 fully saturated rings. The molecule has 0 aromatic carbocycles. The molecule has 0 saturated carbocycles. The minimum absolute atomic E-state index is 0.249. The van der Waals surface area contributed by atoms with Crippen molar-refractivity contribution in [2.45, 2.75) is 37.3 Å². The largest absolute Gasteiger partial charge is 0.757 e. The Morgan fingerprint density at radius 3 is 1.85 bits per heavy atom. The Hall–Kier alpha value is -1.35. The maximum atomic E-state index is 13.9. The van der Waals surface area contributed by atoms with Crippen molar-refractivity contribution in [1.82, 2.24) is 4.47 Å². The number of rotatable bonds is 8. The topological polar surface area (TPSA) is 69.7 Å². The zero-order valence-electron chi connectivity index (χ0n) is 12.9. The normalized spacial score (nSPS) is 16.3. The summed E-state index contributed by atoms with van der Waals surface area (Å²) in [6.45, 7) is 3.30. The Balaban J connectivity index is 5.88. The van der Waals surface area contributed by atoms with Gasteiger partial charge in [0.1, 0.15) is 0 Å². The molecule has 0 bridgehead atoms. The van der Waals surface area contributed by atoms with Gasteiger partial charge in [0.15, 0.2) is 0 Å². The number of nitrogens with zero attached hydrogens (tertiary/aromatic N) is 1. The number of carbonyl (C=O) groups excluding carboxylic acids is 1. The van der Waals surface area contributed by atoms with Gasteiger partial charge < -0.3 is 9.39 Å². The molecule has 0 aromatic rings. The minimum Gasteiger partial charge on any atom is -0.757 e. The summed E-state index contributed by atoms with van der Waals surface area (Å²) in [5, 5.41) is 0. The quantitative estimate of drug-likeness (QED) is 0.260. The standard InChI is InChI=1S/C11H12F9NO4S/c1-4-6(5(2)7(22)25-21(3)26(23)24)8(12,13)9(14,15)10(16,17)11(18,19)20/h6H,2,4H2,1,3H3,(H,23,24)/p-1. The van der Waals surface area contributed by atoms with E-state index in [4.69, 9.17) is 0 Å². The average molecular weight is 424 g/mol. The van der Waals surface area contributed by atoms with Crippen LogP contribution < -0.4 is 0 Å². The zero-order valence-corrected chi connectivity index (χ0v) is 13.7. The molecule has 0 radical (unpaired) electrons. The summed E-state index contributed by atoms with van der Waals surface area (Å²) >= 11 is -3.23. The van der Waals surface area contributed by atoms with Gasteiger partial charge in [-0.05, 0) is 6.42 Å². The summed E-state index contributed by atoms with van der Waals surface area (Å²) in [5.41, 5.74) is -1.63. The van der Waals surface area contributed by atoms with Gasteiger partial charge in [0.05, 0.1) is 17.2 Å². The van der Waals surface area contributed by atoms with E-state index in [2.05, 4.69) is 11.4 Å². The van der Waals surface area contributed by atoms with Crippen LogP contribution in [-0.2, 0) is 20.9 Å². The third-order valence-corrected chi connectivity index (χ3v) is 3.61. The van der Waals surface area contributed by atoms with Crippen LogP contribution in [0.15, 0.2) is 12.2 Å². The van der Waals surface area contributed by atoms with Gasteiger partial charge in [-0.15, -0.1) is 0 Å². The minimum atomic E-state index is -7.13. The second kappa shape index (κ2) is 7.72. The second-order valence-electron chi connectivity index (χ2n) is 4.79. The molecule has 0 aliphatic heterocycles. The van der Waals surface area contributed by atoms with Crippen LogP contribution in [0.3, 0.4) is 0 Å². The molecule has 0 aliphatic carbocycles. The molecule has 26 heavy (non-hydrogen) atoms. The fourth-order valence-electron chi connectivity index (χ4n) is 1.68. The maximum Gasteiger partial charge on any atom is 0.460 e. The first-order valence-corrected chi connectivity index (χ1v) is 7.33. The predicted molar refractivity (Wildman–Crippen MR) is 66.6 cm³/mol. The van der Waals surface area contributed by atoms with Crippen molar-refractivity contribution in [3.8, 4) is 0 Å². The van der Waals surface area contributed by atoms with Gasteiger partial charge in [0.25, 0.3) is 0 Å². The number of hydroxylamine groups is 1. The van der Waals surface area contributed by atoms with Crippen LogP contribution in [-0.4, -0.2) is 50.2 Å². The van der Waals surface area contributed by atoms with Crippen molar-refractivity contribution in [1.29, 1.82) is 0 Å². The fraction of sp³-hybridized carbons (Fsp3) is 0.727. The van der Waals surface area contributed by atoms with Crippen molar-refractivity contribution in [3.05, 3.63) is 12.2 Å². The Labute approximate surface area is 143 Å². The van der Waals surface area contributed by atoms with Crippen molar-refractivity contribution in [2.24, 2.45) is 5.92 Å². The zero-order chi connectivity index (χ0) is 21.3. The summed E-state index contributed by atoms with van der Waals surface area (Å²) in [6, 6.07) is 0. The predicted octanol–water partition coefficient (Wildman–Crippen LogP) is 3.22. The summed E-state index contributed by atoms with van der Waals surface area (Å²) in [4.78, 5) is 15.4. The van der Waals surface area contributed by atoms with Gasteiger partial charge >= 0.3 is 29.9 Å². The molecular weight excluding hydrogens is 413 g/mol. The van der Waals surface area contributed by atoms with E-state index in [1.807, 2.05) is 0 Å². The van der Waals surface area contributed by atoms with Crippen molar-refractivity contribution < 1.29 is 57.9 Å². The Morgan fingerprint density at radius 1 is 1.12 bits per heavy atom. The lowest BCUT2D eigenvalue weighted by Gasteiger charge is -2.37. The van der Waals surface area contributed by atoms with Crippen LogP contribution in [0.2, 0.25) is 0 Å². The van der Waals surface area contributed by atoms with E-state index in [1.165, 1.54) is 0 Å². The van der Waals surface area contributed by atoms with E-state index in [9.17, 15) is 53.1 Å². The third-order valence-electron chi connectivity index (χ3n) is 3.12. The van der Waals surface area contributed by atoms with Gasteiger partial charge in [0, 0.05) is 12.6 Å². The van der Waals surface area contributed by atoms with Gasteiger partial charge in [-0.1, -0.05) is 18.0 Å². The lowest BCUT2D eigenvalue weighted by Crippen LogP contribution is -2.63. The summed E-state index contributed by atoms with van der Waals surface area (Å²) in [7, 11) is 0.569. The van der Waals surface area contributed by atoms with Crippen LogP contribution in [0.4, 0.5) is 39.5 Å². The highest BCUT2D eigenvalue weighted by Crippen LogP contribution is 2.56. The summed E-state index contributed by atoms with van der Waals surface area (Å²) < 4.78 is 137. The molecule has 0 N–H and O–H groups in total. The highest BCUT2D eigenvalue weighted by atomic mass is 32.2. The monoisotopic (exact) mass is 424 g/mol. The molecule has 0 saturated heterocycles. The molecule has 154 valence electrons. The smallest absolute Gasteiger partial charge is 0.460 e. The van der Waals surface area contributed by atoms with Gasteiger partial charge in [-0.3, -0.25) is 4.21 Å². The molecule has 0 heterocycles. The maximum absolute atomic E-state index is 13.9. The number of alkyl halides is 9. The van der Waals surface area contributed by atoms with Gasteiger partial charge in [0.2, 0.25) is 0 Å². The SMILES string of the molecule is C=C(C(=O)ON(C)S(=O)[O-])C(CC)C(F)(F)C(F)(F)C(F)(F)C(F)(F)F. The molecule has 15 heteroatoms. The van der Waals surface area contributed by atoms with Crippen LogP contribution in [0, 0.1) is 5.92 Å². The molecule has 2 unspecified atom stereocenters. The highest BCUT2D eigenvalue weighted by Gasteiger charge is 2.83. The molecule has 0 rings (SSSR count). The molecule has 0 aromatic heterocycles. The molecule has 0 aliphatic rings. The Bertz CT molecular complexity index is 579. The molecule has 2 atom stereocenters. The van der Waals surface area contributed by atoms with Crippen LogP contribution in [0.1, 0.15) is 13.3 Å². The number of hydrogen-bond acceptors (Lipinski definition) is 4. The van der Waals surface area contributed by atoms with E-state index in [1.54, 1.807) is 0 Å². The van der Waals surface area contributed by atoms with Crippen molar-refractivity contribution in [2.75, 3.05) is 7.05 Å².